The second-order valence-corrected chi connectivity index (χ2v) is 8.07. The summed E-state index contributed by atoms with van der Waals surface area (Å²) in [5, 5.41) is 10.2. The predicted octanol–water partition coefficient (Wildman–Crippen LogP) is 6.29. The fourth-order valence-corrected chi connectivity index (χ4v) is 4.13. The first kappa shape index (κ1) is 25.8. The highest BCUT2D eigenvalue weighted by atomic mass is 31.0. The second kappa shape index (κ2) is 12.6. The molecule has 1 saturated carbocycles. The van der Waals surface area contributed by atoms with E-state index in [0.29, 0.717) is 6.42 Å². The summed E-state index contributed by atoms with van der Waals surface area (Å²) in [4.78, 5) is 0. The van der Waals surface area contributed by atoms with Gasteiger partial charge in [0.15, 0.2) is 0 Å². The summed E-state index contributed by atoms with van der Waals surface area (Å²) in [6, 6.07) is 4.47. The van der Waals surface area contributed by atoms with Crippen molar-refractivity contribution in [1.82, 2.24) is 0 Å². The largest absolute Gasteiger partial charge is 0.491 e. The molecule has 1 fully saturated rings. The molecule has 0 saturated heterocycles. The van der Waals surface area contributed by atoms with Crippen LogP contribution < -0.4 is 4.74 Å². The van der Waals surface area contributed by atoms with E-state index in [-0.39, 0.29) is 24.4 Å². The van der Waals surface area contributed by atoms with Crippen molar-refractivity contribution >= 4 is 9.47 Å². The molecule has 1 aromatic carbocycles. The molecule has 3 nitrogen and oxygen atoms in total. The maximum Gasteiger partial charge on any atom is 0.416 e. The van der Waals surface area contributed by atoms with E-state index in [2.05, 4.69) is 28.5 Å². The van der Waals surface area contributed by atoms with Gasteiger partial charge in [0.2, 0.25) is 0 Å². The number of hydrogen-bond acceptors (Lipinski definition) is 3. The van der Waals surface area contributed by atoms with Gasteiger partial charge in [-0.2, -0.15) is 13.2 Å². The number of benzene rings is 1. The number of hydrogen-bond donors (Lipinski definition) is 1. The highest BCUT2D eigenvalue weighted by molar-refractivity contribution is 7.09. The van der Waals surface area contributed by atoms with Gasteiger partial charge in [-0.3, -0.25) is 0 Å². The van der Waals surface area contributed by atoms with Crippen LogP contribution in [0, 0.1) is 11.8 Å². The van der Waals surface area contributed by atoms with E-state index in [9.17, 15) is 22.7 Å². The molecule has 31 heavy (non-hydrogen) atoms. The number of aliphatic hydroxyl groups excluding tert-OH is 1. The van der Waals surface area contributed by atoms with Gasteiger partial charge in [0.05, 0.1) is 11.7 Å². The van der Waals surface area contributed by atoms with Crippen LogP contribution in [0.25, 0.3) is 0 Å². The minimum absolute atomic E-state index is 0.0136. The predicted molar refractivity (Wildman–Crippen MR) is 116 cm³/mol. The zero-order valence-corrected chi connectivity index (χ0v) is 18.8. The lowest BCUT2D eigenvalue weighted by molar-refractivity contribution is -0.137. The Labute approximate surface area is 183 Å². The second-order valence-electron chi connectivity index (χ2n) is 7.79. The van der Waals surface area contributed by atoms with Crippen LogP contribution in [0.4, 0.5) is 17.6 Å². The molecule has 1 aromatic rings. The quantitative estimate of drug-likeness (QED) is 0.239. The standard InChI is InChI=1S/C23H31F4O3P/c1-2-3-4-5-6-10-20-19(21(24)14-22(20)30-31)12-11-17(28)15-29-18-9-7-8-16(13-18)23(25,26)27/h4-5,7-9,11-13,17,19-22,28H,2-3,6,10,14-15,31H2,1H3/b5-4+,12-11+. The summed E-state index contributed by atoms with van der Waals surface area (Å²) in [6.07, 6.45) is 4.48. The molecule has 1 aliphatic rings. The first-order chi connectivity index (χ1) is 14.8. The number of allylic oxidation sites excluding steroid dienone is 3. The third kappa shape index (κ3) is 8.21. The molecule has 0 heterocycles. The molecule has 8 heteroatoms. The van der Waals surface area contributed by atoms with Crippen molar-refractivity contribution in [2.75, 3.05) is 6.61 Å². The normalized spacial score (nSPS) is 25.5. The lowest BCUT2D eigenvalue weighted by Crippen LogP contribution is -2.21. The Balaban J connectivity index is 1.93. The van der Waals surface area contributed by atoms with Crippen molar-refractivity contribution < 1.29 is 31.9 Å². The van der Waals surface area contributed by atoms with Crippen LogP contribution in [0.2, 0.25) is 0 Å². The number of unbranched alkanes of at least 4 members (excludes halogenated alkanes) is 1. The number of rotatable bonds is 11. The summed E-state index contributed by atoms with van der Waals surface area (Å²) in [6.45, 7) is 1.88. The highest BCUT2D eigenvalue weighted by Gasteiger charge is 2.42. The smallest absolute Gasteiger partial charge is 0.416 e. The molecule has 0 amide bonds. The lowest BCUT2D eigenvalue weighted by Gasteiger charge is -2.22. The van der Waals surface area contributed by atoms with Gasteiger partial charge < -0.3 is 14.4 Å². The number of alkyl halides is 4. The summed E-state index contributed by atoms with van der Waals surface area (Å²) < 4.78 is 63.6. The Morgan fingerprint density at radius 2 is 2.00 bits per heavy atom. The van der Waals surface area contributed by atoms with E-state index in [4.69, 9.17) is 9.26 Å². The van der Waals surface area contributed by atoms with Crippen LogP contribution in [0.1, 0.15) is 44.6 Å². The fraction of sp³-hybridized carbons (Fsp3) is 0.565. The summed E-state index contributed by atoms with van der Waals surface area (Å²) in [7, 11) is 2.21. The van der Waals surface area contributed by atoms with Crippen molar-refractivity contribution in [3.63, 3.8) is 0 Å². The molecular weight excluding hydrogens is 431 g/mol. The van der Waals surface area contributed by atoms with Crippen LogP contribution in [0.15, 0.2) is 48.6 Å². The molecule has 1 aliphatic carbocycles. The SMILES string of the molecule is CCC/C=C/CCC1C(OP)CC(F)C1/C=C/C(O)COc1cccc(C(F)(F)F)c1. The van der Waals surface area contributed by atoms with E-state index in [1.54, 1.807) is 6.08 Å². The molecule has 6 unspecified atom stereocenters. The maximum absolute atomic E-state index is 14.6. The molecule has 0 radical (unpaired) electrons. The van der Waals surface area contributed by atoms with Gasteiger partial charge in [0.1, 0.15) is 24.6 Å². The van der Waals surface area contributed by atoms with Crippen molar-refractivity contribution in [3.05, 3.63) is 54.1 Å². The fourth-order valence-electron chi connectivity index (χ4n) is 3.82. The van der Waals surface area contributed by atoms with Crippen LogP contribution in [-0.4, -0.2) is 30.1 Å². The van der Waals surface area contributed by atoms with E-state index in [0.717, 1.165) is 37.8 Å². The Hall–Kier alpha value is -1.43. The van der Waals surface area contributed by atoms with Crippen molar-refractivity contribution in [2.24, 2.45) is 11.8 Å². The average molecular weight is 462 g/mol. The third-order valence-corrected chi connectivity index (χ3v) is 5.80. The third-order valence-electron chi connectivity index (χ3n) is 5.45. The van der Waals surface area contributed by atoms with Crippen LogP contribution in [0.3, 0.4) is 0 Å². The average Bonchev–Trinajstić information content (AvgIpc) is 3.04. The van der Waals surface area contributed by atoms with Crippen LogP contribution in [-0.2, 0) is 10.7 Å². The molecular formula is C23H31F4O3P. The van der Waals surface area contributed by atoms with Crippen LogP contribution in [0.5, 0.6) is 5.75 Å². The van der Waals surface area contributed by atoms with E-state index < -0.39 is 29.9 Å². The summed E-state index contributed by atoms with van der Waals surface area (Å²) in [5.74, 6) is -0.403. The molecule has 0 aromatic heterocycles. The monoisotopic (exact) mass is 462 g/mol. The minimum atomic E-state index is -4.46. The van der Waals surface area contributed by atoms with Crippen molar-refractivity contribution in [3.8, 4) is 5.75 Å². The number of ether oxygens (including phenoxy) is 1. The Morgan fingerprint density at radius 1 is 1.26 bits per heavy atom. The number of halogens is 4. The van der Waals surface area contributed by atoms with E-state index in [1.807, 2.05) is 0 Å². The Kier molecular flexibility index (Phi) is 10.5. The van der Waals surface area contributed by atoms with Gasteiger partial charge in [-0.25, -0.2) is 4.39 Å². The molecule has 0 bridgehead atoms. The first-order valence-electron chi connectivity index (χ1n) is 10.6. The van der Waals surface area contributed by atoms with Crippen molar-refractivity contribution in [1.29, 1.82) is 0 Å². The molecule has 6 atom stereocenters. The summed E-state index contributed by atoms with van der Waals surface area (Å²) in [5.41, 5.74) is -0.819. The minimum Gasteiger partial charge on any atom is -0.491 e. The van der Waals surface area contributed by atoms with Gasteiger partial charge in [-0.05, 0) is 43.4 Å². The maximum atomic E-state index is 14.6. The Bertz CT molecular complexity index is 723. The molecule has 0 spiro atoms. The lowest BCUT2D eigenvalue weighted by atomic mass is 9.89. The Morgan fingerprint density at radius 3 is 2.68 bits per heavy atom. The van der Waals surface area contributed by atoms with Gasteiger partial charge in [0, 0.05) is 21.8 Å². The van der Waals surface area contributed by atoms with Gasteiger partial charge in [0.25, 0.3) is 0 Å². The molecule has 0 aliphatic heterocycles. The van der Waals surface area contributed by atoms with Gasteiger partial charge in [-0.1, -0.05) is 43.7 Å². The highest BCUT2D eigenvalue weighted by Crippen LogP contribution is 2.41. The van der Waals surface area contributed by atoms with Crippen LogP contribution >= 0.6 is 9.47 Å². The zero-order valence-electron chi connectivity index (χ0n) is 17.6. The molecule has 174 valence electrons. The van der Waals surface area contributed by atoms with Gasteiger partial charge >= 0.3 is 6.18 Å². The zero-order chi connectivity index (χ0) is 22.9. The molecule has 1 N–H and O–H groups in total. The van der Waals surface area contributed by atoms with Crippen molar-refractivity contribution in [2.45, 2.75) is 63.6 Å². The number of aliphatic hydroxyl groups is 1. The van der Waals surface area contributed by atoms with E-state index in [1.165, 1.54) is 18.2 Å². The van der Waals surface area contributed by atoms with Gasteiger partial charge in [-0.15, -0.1) is 0 Å². The first-order valence-corrected chi connectivity index (χ1v) is 11.0. The molecule has 2 rings (SSSR count). The topological polar surface area (TPSA) is 38.7 Å². The van der Waals surface area contributed by atoms with E-state index >= 15 is 0 Å². The summed E-state index contributed by atoms with van der Waals surface area (Å²) >= 11 is 0.